The van der Waals surface area contributed by atoms with Crippen molar-refractivity contribution in [2.45, 2.75) is 32.1 Å². The Morgan fingerprint density at radius 3 is 2.65 bits per heavy atom. The highest BCUT2D eigenvalue weighted by molar-refractivity contribution is 5.79. The maximum Gasteiger partial charge on any atom is 0.228 e. The predicted molar refractivity (Wildman–Crippen MR) is 74.0 cm³/mol. The molecule has 0 radical (unpaired) electrons. The molecule has 0 aromatic carbocycles. The monoisotopic (exact) mass is 280 g/mol. The summed E-state index contributed by atoms with van der Waals surface area (Å²) in [5.74, 6) is 0.620. The fourth-order valence-electron chi connectivity index (χ4n) is 3.83. The second-order valence-electron chi connectivity index (χ2n) is 6.64. The van der Waals surface area contributed by atoms with Gasteiger partial charge in [-0.05, 0) is 31.1 Å². The van der Waals surface area contributed by atoms with Gasteiger partial charge in [-0.3, -0.25) is 9.59 Å². The number of likely N-dealkylation sites (tertiary alicyclic amines) is 2. The van der Waals surface area contributed by atoms with Gasteiger partial charge in [-0.15, -0.1) is 0 Å². The molecule has 0 aromatic rings. The summed E-state index contributed by atoms with van der Waals surface area (Å²) in [4.78, 5) is 27.9. The quantitative estimate of drug-likeness (QED) is 0.716. The molecule has 20 heavy (non-hydrogen) atoms. The summed E-state index contributed by atoms with van der Waals surface area (Å²) in [6, 6.07) is 0. The molecular formula is C15H24N2O3. The molecule has 3 rings (SSSR count). The van der Waals surface area contributed by atoms with Gasteiger partial charge in [0.05, 0.1) is 12.5 Å². The molecule has 3 heterocycles. The first-order valence-corrected chi connectivity index (χ1v) is 7.70. The topological polar surface area (TPSA) is 49.9 Å². The first-order valence-electron chi connectivity index (χ1n) is 7.70. The highest BCUT2D eigenvalue weighted by Crippen LogP contribution is 2.40. The van der Waals surface area contributed by atoms with Crippen LogP contribution in [0, 0.1) is 11.3 Å². The summed E-state index contributed by atoms with van der Waals surface area (Å²) in [6.07, 6.45) is 4.59. The molecular weight excluding hydrogens is 256 g/mol. The van der Waals surface area contributed by atoms with E-state index in [1.54, 1.807) is 0 Å². The van der Waals surface area contributed by atoms with Crippen molar-refractivity contribution in [1.29, 1.82) is 0 Å². The van der Waals surface area contributed by atoms with Gasteiger partial charge in [-0.25, -0.2) is 0 Å². The lowest BCUT2D eigenvalue weighted by atomic mass is 9.72. The Hall–Kier alpha value is -1.10. The lowest BCUT2D eigenvalue weighted by Crippen LogP contribution is -2.52. The van der Waals surface area contributed by atoms with Gasteiger partial charge in [0.15, 0.2) is 0 Å². The Balaban J connectivity index is 1.56. The Bertz CT molecular complexity index is 396. The highest BCUT2D eigenvalue weighted by atomic mass is 16.5. The van der Waals surface area contributed by atoms with Crippen molar-refractivity contribution < 1.29 is 14.3 Å². The van der Waals surface area contributed by atoms with Gasteiger partial charge in [-0.1, -0.05) is 0 Å². The third kappa shape index (κ3) is 2.55. The van der Waals surface area contributed by atoms with Crippen LogP contribution in [0.25, 0.3) is 0 Å². The molecule has 0 saturated carbocycles. The van der Waals surface area contributed by atoms with Gasteiger partial charge in [0.25, 0.3) is 0 Å². The number of ether oxygens (including phenoxy) is 1. The van der Waals surface area contributed by atoms with E-state index in [1.807, 2.05) is 16.8 Å². The van der Waals surface area contributed by atoms with E-state index in [4.69, 9.17) is 4.74 Å². The molecule has 0 bridgehead atoms. The molecule has 0 unspecified atom stereocenters. The molecule has 2 amide bonds. The van der Waals surface area contributed by atoms with Gasteiger partial charge in [0.2, 0.25) is 11.8 Å². The van der Waals surface area contributed by atoms with E-state index in [9.17, 15) is 9.59 Å². The zero-order valence-electron chi connectivity index (χ0n) is 12.3. The van der Waals surface area contributed by atoms with Crippen LogP contribution in [0.2, 0.25) is 0 Å². The van der Waals surface area contributed by atoms with Gasteiger partial charge in [0, 0.05) is 39.7 Å². The minimum atomic E-state index is 0.0830. The molecule has 112 valence electrons. The average molecular weight is 280 g/mol. The fourth-order valence-corrected chi connectivity index (χ4v) is 3.83. The summed E-state index contributed by atoms with van der Waals surface area (Å²) in [6.45, 7) is 3.87. The van der Waals surface area contributed by atoms with Gasteiger partial charge in [0.1, 0.15) is 0 Å². The number of rotatable bonds is 1. The van der Waals surface area contributed by atoms with Crippen molar-refractivity contribution in [3.63, 3.8) is 0 Å². The van der Waals surface area contributed by atoms with Crippen LogP contribution in [0.3, 0.4) is 0 Å². The molecule has 3 aliphatic rings. The zero-order valence-corrected chi connectivity index (χ0v) is 12.3. The molecule has 3 saturated heterocycles. The normalized spacial score (nSPS) is 30.1. The number of carbonyl (C=O) groups excluding carboxylic acids is 2. The lowest BCUT2D eigenvalue weighted by molar-refractivity contribution is -0.143. The molecule has 5 nitrogen and oxygen atoms in total. The molecule has 1 spiro atoms. The number of amides is 2. The second-order valence-corrected chi connectivity index (χ2v) is 6.64. The minimum Gasteiger partial charge on any atom is -0.381 e. The first-order chi connectivity index (χ1) is 9.60. The number of piperidine rings is 2. The van der Waals surface area contributed by atoms with Crippen molar-refractivity contribution in [3.05, 3.63) is 0 Å². The Morgan fingerprint density at radius 1 is 1.30 bits per heavy atom. The van der Waals surface area contributed by atoms with E-state index in [2.05, 4.69) is 0 Å². The first kappa shape index (κ1) is 13.9. The molecule has 0 aromatic heterocycles. The largest absolute Gasteiger partial charge is 0.381 e. The van der Waals surface area contributed by atoms with Crippen LogP contribution in [0.15, 0.2) is 0 Å². The SMILES string of the molecule is CN1CC2(CCC1=O)CCN(C(=O)[C@@H]1CCOC1)CC2. The maximum absolute atomic E-state index is 12.4. The van der Waals surface area contributed by atoms with E-state index in [0.717, 1.165) is 51.9 Å². The summed E-state index contributed by atoms with van der Waals surface area (Å²) >= 11 is 0. The number of hydrogen-bond donors (Lipinski definition) is 0. The molecule has 0 N–H and O–H groups in total. The van der Waals surface area contributed by atoms with Crippen LogP contribution in [-0.2, 0) is 14.3 Å². The molecule has 0 aliphatic carbocycles. The fraction of sp³-hybridized carbons (Fsp3) is 0.867. The average Bonchev–Trinajstić information content (AvgIpc) is 2.98. The Morgan fingerprint density at radius 2 is 2.05 bits per heavy atom. The van der Waals surface area contributed by atoms with Crippen molar-refractivity contribution >= 4 is 11.8 Å². The Labute approximate surface area is 120 Å². The van der Waals surface area contributed by atoms with E-state index in [1.165, 1.54) is 0 Å². The van der Waals surface area contributed by atoms with Crippen LogP contribution in [-0.4, -0.2) is 61.5 Å². The molecule has 3 aliphatic heterocycles. The lowest BCUT2D eigenvalue weighted by Gasteiger charge is -2.46. The third-order valence-electron chi connectivity index (χ3n) is 5.28. The summed E-state index contributed by atoms with van der Waals surface area (Å²) in [5, 5.41) is 0. The zero-order chi connectivity index (χ0) is 14.2. The van der Waals surface area contributed by atoms with Crippen molar-refractivity contribution in [3.8, 4) is 0 Å². The predicted octanol–water partition coefficient (Wildman–Crippen LogP) is 0.884. The summed E-state index contributed by atoms with van der Waals surface area (Å²) < 4.78 is 5.31. The summed E-state index contributed by atoms with van der Waals surface area (Å²) in [5.41, 5.74) is 0.256. The van der Waals surface area contributed by atoms with Crippen LogP contribution in [0.1, 0.15) is 32.1 Å². The molecule has 3 fully saturated rings. The number of carbonyl (C=O) groups is 2. The second kappa shape index (κ2) is 5.35. The standard InChI is InChI=1S/C15H24N2O3/c1-16-11-15(4-2-13(16)18)5-7-17(8-6-15)14(19)12-3-9-20-10-12/h12H,2-11H2,1H3/t12-/m1/s1. The maximum atomic E-state index is 12.4. The van der Waals surface area contributed by atoms with Gasteiger partial charge < -0.3 is 14.5 Å². The molecule has 1 atom stereocenters. The number of hydrogen-bond acceptors (Lipinski definition) is 3. The van der Waals surface area contributed by atoms with Gasteiger partial charge >= 0.3 is 0 Å². The van der Waals surface area contributed by atoms with Crippen LogP contribution in [0.5, 0.6) is 0 Å². The van der Waals surface area contributed by atoms with Crippen molar-refractivity contribution in [1.82, 2.24) is 9.80 Å². The van der Waals surface area contributed by atoms with Crippen LogP contribution < -0.4 is 0 Å². The number of nitrogens with zero attached hydrogens (tertiary/aromatic N) is 2. The van der Waals surface area contributed by atoms with E-state index < -0.39 is 0 Å². The van der Waals surface area contributed by atoms with E-state index in [-0.39, 0.29) is 23.1 Å². The van der Waals surface area contributed by atoms with E-state index in [0.29, 0.717) is 13.0 Å². The van der Waals surface area contributed by atoms with Crippen molar-refractivity contribution in [2.24, 2.45) is 11.3 Å². The molecule has 5 heteroatoms. The minimum absolute atomic E-state index is 0.0830. The Kier molecular flexibility index (Phi) is 3.71. The summed E-state index contributed by atoms with van der Waals surface area (Å²) in [7, 11) is 1.90. The smallest absolute Gasteiger partial charge is 0.228 e. The van der Waals surface area contributed by atoms with Crippen LogP contribution >= 0.6 is 0 Å². The van der Waals surface area contributed by atoms with Crippen LogP contribution in [0.4, 0.5) is 0 Å². The van der Waals surface area contributed by atoms with E-state index >= 15 is 0 Å². The van der Waals surface area contributed by atoms with Crippen molar-refractivity contribution in [2.75, 3.05) is 39.9 Å². The van der Waals surface area contributed by atoms with Gasteiger partial charge in [-0.2, -0.15) is 0 Å². The third-order valence-corrected chi connectivity index (χ3v) is 5.28. The highest BCUT2D eigenvalue weighted by Gasteiger charge is 2.41.